The van der Waals surface area contributed by atoms with E-state index in [0.29, 0.717) is 13.2 Å². The van der Waals surface area contributed by atoms with Crippen molar-refractivity contribution in [3.05, 3.63) is 0 Å². The zero-order valence-corrected chi connectivity index (χ0v) is 6.53. The lowest BCUT2D eigenvalue weighted by Crippen LogP contribution is -2.46. The Morgan fingerprint density at radius 3 is 3.09 bits per heavy atom. The number of oxime groups is 1. The quantitative estimate of drug-likeness (QED) is 0.224. The van der Waals surface area contributed by atoms with Gasteiger partial charge in [0.15, 0.2) is 5.84 Å². The van der Waals surface area contributed by atoms with Crippen LogP contribution in [0.25, 0.3) is 0 Å². The molecule has 0 amide bonds. The van der Waals surface area contributed by atoms with Gasteiger partial charge in [-0.15, -0.1) is 0 Å². The first kappa shape index (κ1) is 8.29. The van der Waals surface area contributed by atoms with E-state index in [2.05, 4.69) is 10.1 Å². The van der Waals surface area contributed by atoms with Gasteiger partial charge in [-0.1, -0.05) is 5.16 Å². The van der Waals surface area contributed by atoms with E-state index < -0.39 is 0 Å². The fraction of sp³-hybridized carbons (Fsp3) is 0.833. The summed E-state index contributed by atoms with van der Waals surface area (Å²) in [7, 11) is 1.97. The summed E-state index contributed by atoms with van der Waals surface area (Å²) in [6.07, 6.45) is -0.251. The summed E-state index contributed by atoms with van der Waals surface area (Å²) < 4.78 is 5.24. The molecule has 1 rings (SSSR count). The molecule has 0 aliphatic carbocycles. The van der Waals surface area contributed by atoms with Crippen molar-refractivity contribution in [2.24, 2.45) is 10.9 Å². The van der Waals surface area contributed by atoms with Gasteiger partial charge in [0, 0.05) is 13.1 Å². The molecule has 1 saturated heterocycles. The van der Waals surface area contributed by atoms with Crippen LogP contribution in [0, 0.1) is 0 Å². The Labute approximate surface area is 65.4 Å². The minimum absolute atomic E-state index is 0.150. The molecular formula is C6H13N3O2. The average molecular weight is 159 g/mol. The van der Waals surface area contributed by atoms with Crippen molar-refractivity contribution in [2.75, 3.05) is 26.7 Å². The van der Waals surface area contributed by atoms with Crippen LogP contribution in [0.3, 0.4) is 0 Å². The molecule has 64 valence electrons. The molecule has 0 aromatic rings. The Morgan fingerprint density at radius 1 is 1.82 bits per heavy atom. The Kier molecular flexibility index (Phi) is 2.67. The number of hydrogen-bond acceptors (Lipinski definition) is 4. The molecule has 1 aliphatic rings. The standard InChI is InChI=1S/C6H13N3O2/c1-9-2-3-11-5(4-9)6(7)8-10/h5,10H,2-4H2,1H3,(H2,7,8). The van der Waals surface area contributed by atoms with E-state index >= 15 is 0 Å². The number of ether oxygens (including phenoxy) is 1. The van der Waals surface area contributed by atoms with E-state index in [1.807, 2.05) is 7.05 Å². The van der Waals surface area contributed by atoms with Gasteiger partial charge in [0.2, 0.25) is 0 Å². The zero-order valence-electron chi connectivity index (χ0n) is 6.53. The van der Waals surface area contributed by atoms with Gasteiger partial charge in [-0.05, 0) is 7.05 Å². The lowest BCUT2D eigenvalue weighted by atomic mass is 10.3. The Morgan fingerprint density at radius 2 is 2.55 bits per heavy atom. The van der Waals surface area contributed by atoms with E-state index in [9.17, 15) is 0 Å². The van der Waals surface area contributed by atoms with Gasteiger partial charge in [-0.25, -0.2) is 0 Å². The van der Waals surface area contributed by atoms with Gasteiger partial charge >= 0.3 is 0 Å². The van der Waals surface area contributed by atoms with Crippen LogP contribution >= 0.6 is 0 Å². The van der Waals surface area contributed by atoms with Crippen LogP contribution in [-0.2, 0) is 4.74 Å². The number of nitrogens with zero attached hydrogens (tertiary/aromatic N) is 2. The molecule has 0 spiro atoms. The highest BCUT2D eigenvalue weighted by Crippen LogP contribution is 2.02. The first-order chi connectivity index (χ1) is 5.24. The maximum absolute atomic E-state index is 8.34. The summed E-state index contributed by atoms with van der Waals surface area (Å²) in [4.78, 5) is 2.08. The van der Waals surface area contributed by atoms with Crippen LogP contribution in [0.1, 0.15) is 0 Å². The lowest BCUT2D eigenvalue weighted by Gasteiger charge is -2.28. The lowest BCUT2D eigenvalue weighted by molar-refractivity contribution is 0.0153. The molecule has 0 radical (unpaired) electrons. The van der Waals surface area contributed by atoms with Crippen molar-refractivity contribution in [1.29, 1.82) is 0 Å². The molecule has 0 bridgehead atoms. The van der Waals surface area contributed by atoms with Crippen molar-refractivity contribution in [3.8, 4) is 0 Å². The highest BCUT2D eigenvalue weighted by Gasteiger charge is 2.20. The van der Waals surface area contributed by atoms with Crippen LogP contribution in [0.5, 0.6) is 0 Å². The largest absolute Gasteiger partial charge is 0.409 e. The maximum Gasteiger partial charge on any atom is 0.169 e. The highest BCUT2D eigenvalue weighted by atomic mass is 16.5. The topological polar surface area (TPSA) is 71.1 Å². The van der Waals surface area contributed by atoms with E-state index in [-0.39, 0.29) is 11.9 Å². The molecule has 1 aliphatic heterocycles. The predicted octanol–water partition coefficient (Wildman–Crippen LogP) is -0.937. The van der Waals surface area contributed by atoms with E-state index in [0.717, 1.165) is 6.54 Å². The monoisotopic (exact) mass is 159 g/mol. The number of rotatable bonds is 1. The average Bonchev–Trinajstić information content (AvgIpc) is 2.03. The summed E-state index contributed by atoms with van der Waals surface area (Å²) in [6.45, 7) is 2.22. The van der Waals surface area contributed by atoms with Crippen molar-refractivity contribution >= 4 is 5.84 Å². The Hall–Kier alpha value is -0.810. The van der Waals surface area contributed by atoms with E-state index in [1.54, 1.807) is 0 Å². The summed E-state index contributed by atoms with van der Waals surface area (Å²) in [5.41, 5.74) is 5.36. The fourth-order valence-electron chi connectivity index (χ4n) is 1.02. The van der Waals surface area contributed by atoms with Crippen LogP contribution < -0.4 is 5.73 Å². The molecule has 0 saturated carbocycles. The van der Waals surface area contributed by atoms with E-state index in [4.69, 9.17) is 15.7 Å². The molecule has 5 nitrogen and oxygen atoms in total. The predicted molar refractivity (Wildman–Crippen MR) is 40.6 cm³/mol. The molecule has 5 heteroatoms. The fourth-order valence-corrected chi connectivity index (χ4v) is 1.02. The first-order valence-electron chi connectivity index (χ1n) is 3.51. The van der Waals surface area contributed by atoms with Gasteiger partial charge in [0.25, 0.3) is 0 Å². The second-order valence-corrected chi connectivity index (χ2v) is 2.65. The number of morpholine rings is 1. The minimum atomic E-state index is -0.251. The summed E-state index contributed by atoms with van der Waals surface area (Å²) in [5.74, 6) is 0.150. The minimum Gasteiger partial charge on any atom is -0.409 e. The third kappa shape index (κ3) is 2.06. The molecule has 0 aromatic heterocycles. The second kappa shape index (κ2) is 3.54. The summed E-state index contributed by atoms with van der Waals surface area (Å²) >= 11 is 0. The van der Waals surface area contributed by atoms with Crippen LogP contribution in [-0.4, -0.2) is 48.8 Å². The van der Waals surface area contributed by atoms with Gasteiger partial charge in [0.05, 0.1) is 6.61 Å². The number of hydrogen-bond donors (Lipinski definition) is 2. The molecule has 1 heterocycles. The van der Waals surface area contributed by atoms with Crippen LogP contribution in [0.15, 0.2) is 5.16 Å². The number of nitrogens with two attached hydrogens (primary N) is 1. The Balaban J connectivity index is 2.46. The molecule has 1 atom stereocenters. The van der Waals surface area contributed by atoms with Crippen LogP contribution in [0.4, 0.5) is 0 Å². The van der Waals surface area contributed by atoms with Crippen molar-refractivity contribution < 1.29 is 9.94 Å². The molecule has 11 heavy (non-hydrogen) atoms. The van der Waals surface area contributed by atoms with Crippen molar-refractivity contribution in [2.45, 2.75) is 6.10 Å². The van der Waals surface area contributed by atoms with Crippen LogP contribution in [0.2, 0.25) is 0 Å². The molecule has 1 unspecified atom stereocenters. The molecular weight excluding hydrogens is 146 g/mol. The molecule has 1 fully saturated rings. The van der Waals surface area contributed by atoms with Crippen molar-refractivity contribution in [1.82, 2.24) is 4.90 Å². The van der Waals surface area contributed by atoms with Gasteiger partial charge < -0.3 is 20.6 Å². The van der Waals surface area contributed by atoms with E-state index in [1.165, 1.54) is 0 Å². The maximum atomic E-state index is 8.34. The first-order valence-corrected chi connectivity index (χ1v) is 3.51. The molecule has 3 N–H and O–H groups in total. The number of likely N-dealkylation sites (N-methyl/N-ethyl adjacent to an activating group) is 1. The zero-order chi connectivity index (χ0) is 8.27. The molecule has 0 aromatic carbocycles. The summed E-state index contributed by atoms with van der Waals surface area (Å²) in [5, 5.41) is 11.2. The summed E-state index contributed by atoms with van der Waals surface area (Å²) in [6, 6.07) is 0. The van der Waals surface area contributed by atoms with Crippen molar-refractivity contribution in [3.63, 3.8) is 0 Å². The van der Waals surface area contributed by atoms with Gasteiger partial charge in [-0.2, -0.15) is 0 Å². The normalized spacial score (nSPS) is 28.8. The Bertz CT molecular complexity index is 160. The SMILES string of the molecule is CN1CCOC(/C(N)=N/O)C1. The van der Waals surface area contributed by atoms with Gasteiger partial charge in [0.1, 0.15) is 6.10 Å². The number of amidine groups is 1. The third-order valence-electron chi connectivity index (χ3n) is 1.71. The third-order valence-corrected chi connectivity index (χ3v) is 1.71. The second-order valence-electron chi connectivity index (χ2n) is 2.65. The highest BCUT2D eigenvalue weighted by molar-refractivity contribution is 5.84. The van der Waals surface area contributed by atoms with Gasteiger partial charge in [-0.3, -0.25) is 0 Å². The smallest absolute Gasteiger partial charge is 0.169 e.